The number of carbonyl (C=O) groups excluding carboxylic acids is 1. The van der Waals surface area contributed by atoms with Gasteiger partial charge in [-0.25, -0.2) is 14.2 Å². The fourth-order valence-electron chi connectivity index (χ4n) is 3.67. The van der Waals surface area contributed by atoms with Gasteiger partial charge in [-0.2, -0.15) is 0 Å². The number of carbonyl (C=O) groups is 1. The molecule has 2 atom stereocenters. The smallest absolute Gasteiger partial charge is 0.336 e. The van der Waals surface area contributed by atoms with Crippen LogP contribution >= 0.6 is 22.9 Å². The van der Waals surface area contributed by atoms with Crippen LogP contribution in [0.4, 0.5) is 4.39 Å². The number of aromatic nitrogens is 1. The van der Waals surface area contributed by atoms with Gasteiger partial charge in [-0.15, -0.1) is 11.3 Å². The first-order valence-electron chi connectivity index (χ1n) is 10.5. The van der Waals surface area contributed by atoms with Crippen molar-refractivity contribution in [1.82, 2.24) is 10.3 Å². The summed E-state index contributed by atoms with van der Waals surface area (Å²) >= 11 is 7.85. The Kier molecular flexibility index (Phi) is 8.27. The van der Waals surface area contributed by atoms with Gasteiger partial charge in [0.05, 0.1) is 31.4 Å². The molecule has 0 bridgehead atoms. The summed E-state index contributed by atoms with van der Waals surface area (Å²) in [5, 5.41) is 6.39. The van der Waals surface area contributed by atoms with Crippen LogP contribution in [0.2, 0.25) is 5.02 Å². The summed E-state index contributed by atoms with van der Waals surface area (Å²) in [6, 6.07) is 4.17. The zero-order valence-corrected chi connectivity index (χ0v) is 20.2. The summed E-state index contributed by atoms with van der Waals surface area (Å²) in [4.78, 5) is 17.4. The maximum absolute atomic E-state index is 13.6. The Hall–Kier alpha value is -2.00. The minimum Gasteiger partial charge on any atom is -0.463 e. The molecule has 32 heavy (non-hydrogen) atoms. The first kappa shape index (κ1) is 24.6. The van der Waals surface area contributed by atoms with Gasteiger partial charge in [0.15, 0.2) is 5.79 Å². The lowest BCUT2D eigenvalue weighted by molar-refractivity contribution is -0.139. The van der Waals surface area contributed by atoms with Gasteiger partial charge in [0, 0.05) is 34.6 Å². The molecule has 1 fully saturated rings. The summed E-state index contributed by atoms with van der Waals surface area (Å²) in [5.41, 5.74) is 1.72. The highest BCUT2D eigenvalue weighted by atomic mass is 35.5. The number of rotatable bonds is 9. The lowest BCUT2D eigenvalue weighted by atomic mass is 9.89. The number of hydrogen-bond donors (Lipinski definition) is 1. The molecule has 1 unspecified atom stereocenters. The van der Waals surface area contributed by atoms with Crippen molar-refractivity contribution in [3.63, 3.8) is 0 Å². The van der Waals surface area contributed by atoms with Gasteiger partial charge in [-0.1, -0.05) is 24.6 Å². The second-order valence-electron chi connectivity index (χ2n) is 7.93. The van der Waals surface area contributed by atoms with Crippen LogP contribution in [0.15, 0.2) is 41.0 Å². The zero-order chi connectivity index (χ0) is 23.3. The predicted octanol–water partition coefficient (Wildman–Crippen LogP) is 5.19. The van der Waals surface area contributed by atoms with Crippen LogP contribution in [0.5, 0.6) is 0 Å². The molecule has 1 aliphatic heterocycles. The van der Waals surface area contributed by atoms with Crippen LogP contribution in [0.1, 0.15) is 50.6 Å². The molecular formula is C23H28ClFN2O4S. The standard InChI is InChI=1S/C23H28ClFN2O4S/c1-5-29-22(28)21(14(2)17-7-6-15(25)10-18(17)24)19(27-12-20-26-8-9-32-20)11-16-13-30-23(3,4)31-16/h6-10,14,16,27H,5,11-13H2,1-4H3/b21-19+/t14?,16-/m0/s1. The number of hydrogen-bond acceptors (Lipinski definition) is 7. The third kappa shape index (κ3) is 6.28. The molecule has 1 aromatic heterocycles. The fraction of sp³-hybridized carbons (Fsp3) is 0.478. The van der Waals surface area contributed by atoms with E-state index >= 15 is 0 Å². The normalized spacial score (nSPS) is 19.4. The highest BCUT2D eigenvalue weighted by molar-refractivity contribution is 7.09. The quantitative estimate of drug-likeness (QED) is 0.392. The van der Waals surface area contributed by atoms with Crippen LogP contribution in [0, 0.1) is 5.82 Å². The number of esters is 1. The Morgan fingerprint density at radius 1 is 1.47 bits per heavy atom. The van der Waals surface area contributed by atoms with E-state index in [1.165, 1.54) is 23.5 Å². The van der Waals surface area contributed by atoms with Crippen molar-refractivity contribution in [2.45, 2.75) is 58.5 Å². The van der Waals surface area contributed by atoms with Gasteiger partial charge >= 0.3 is 5.97 Å². The molecule has 0 aliphatic carbocycles. The van der Waals surface area contributed by atoms with Crippen LogP contribution in [0.3, 0.4) is 0 Å². The number of halogens is 2. The first-order chi connectivity index (χ1) is 15.2. The van der Waals surface area contributed by atoms with Gasteiger partial charge in [0.2, 0.25) is 0 Å². The number of thiazole rings is 1. The largest absolute Gasteiger partial charge is 0.463 e. The third-order valence-corrected chi connectivity index (χ3v) is 6.22. The molecule has 2 aromatic rings. The molecule has 1 N–H and O–H groups in total. The van der Waals surface area contributed by atoms with Gasteiger partial charge in [0.1, 0.15) is 10.8 Å². The average molecular weight is 483 g/mol. The molecular weight excluding hydrogens is 455 g/mol. The van der Waals surface area contributed by atoms with E-state index in [1.54, 1.807) is 19.2 Å². The maximum atomic E-state index is 13.6. The topological polar surface area (TPSA) is 69.7 Å². The number of nitrogens with zero attached hydrogens (tertiary/aromatic N) is 1. The average Bonchev–Trinajstić information content (AvgIpc) is 3.35. The monoisotopic (exact) mass is 482 g/mol. The van der Waals surface area contributed by atoms with Crippen molar-refractivity contribution in [1.29, 1.82) is 0 Å². The third-order valence-electron chi connectivity index (χ3n) is 5.12. The molecule has 3 rings (SSSR count). The van der Waals surface area contributed by atoms with Crippen LogP contribution in [-0.4, -0.2) is 36.1 Å². The van der Waals surface area contributed by atoms with Crippen LogP contribution in [0.25, 0.3) is 0 Å². The van der Waals surface area contributed by atoms with Gasteiger partial charge in [0.25, 0.3) is 0 Å². The SMILES string of the molecule is CCOC(=O)/C(=C(\C[C@H]1COC(C)(C)O1)NCc1nccs1)C(C)c1ccc(F)cc1Cl. The number of benzene rings is 1. The van der Waals surface area contributed by atoms with Crippen molar-refractivity contribution in [2.24, 2.45) is 0 Å². The van der Waals surface area contributed by atoms with Crippen molar-refractivity contribution in [3.8, 4) is 0 Å². The van der Waals surface area contributed by atoms with Gasteiger partial charge in [-0.3, -0.25) is 0 Å². The van der Waals surface area contributed by atoms with Crippen molar-refractivity contribution in [2.75, 3.05) is 13.2 Å². The summed E-state index contributed by atoms with van der Waals surface area (Å²) in [5.74, 6) is -2.04. The maximum Gasteiger partial charge on any atom is 0.336 e. The Balaban J connectivity index is 2.01. The minimum atomic E-state index is -0.693. The fourth-order valence-corrected chi connectivity index (χ4v) is 4.56. The Morgan fingerprint density at radius 3 is 2.84 bits per heavy atom. The lowest BCUT2D eigenvalue weighted by Crippen LogP contribution is -2.27. The molecule has 1 aliphatic rings. The van der Waals surface area contributed by atoms with Crippen LogP contribution in [-0.2, 0) is 25.5 Å². The number of ether oxygens (including phenoxy) is 3. The second kappa shape index (κ2) is 10.7. The minimum absolute atomic E-state index is 0.224. The van der Waals surface area contributed by atoms with E-state index in [1.807, 2.05) is 26.2 Å². The van der Waals surface area contributed by atoms with E-state index in [0.717, 1.165) is 5.01 Å². The molecule has 0 amide bonds. The van der Waals surface area contributed by atoms with E-state index in [-0.39, 0.29) is 17.7 Å². The van der Waals surface area contributed by atoms with E-state index in [4.69, 9.17) is 25.8 Å². The molecule has 1 saturated heterocycles. The molecule has 6 nitrogen and oxygen atoms in total. The molecule has 1 aromatic carbocycles. The summed E-state index contributed by atoms with van der Waals surface area (Å²) in [6.07, 6.45) is 1.89. The Bertz CT molecular complexity index is 965. The van der Waals surface area contributed by atoms with E-state index in [2.05, 4.69) is 10.3 Å². The van der Waals surface area contributed by atoms with Gasteiger partial charge < -0.3 is 19.5 Å². The molecule has 0 spiro atoms. The predicted molar refractivity (Wildman–Crippen MR) is 122 cm³/mol. The summed E-state index contributed by atoms with van der Waals surface area (Å²) in [6.45, 7) is 8.38. The van der Waals surface area contributed by atoms with Crippen LogP contribution < -0.4 is 5.32 Å². The van der Waals surface area contributed by atoms with E-state index < -0.39 is 23.5 Å². The molecule has 0 saturated carbocycles. The molecule has 174 valence electrons. The van der Waals surface area contributed by atoms with Crippen molar-refractivity contribution >= 4 is 28.9 Å². The Morgan fingerprint density at radius 2 is 2.25 bits per heavy atom. The highest BCUT2D eigenvalue weighted by Gasteiger charge is 2.35. The number of nitrogens with one attached hydrogen (secondary N) is 1. The van der Waals surface area contributed by atoms with Crippen molar-refractivity contribution in [3.05, 3.63) is 62.5 Å². The zero-order valence-electron chi connectivity index (χ0n) is 18.6. The van der Waals surface area contributed by atoms with E-state index in [9.17, 15) is 9.18 Å². The molecule has 0 radical (unpaired) electrons. The van der Waals surface area contributed by atoms with E-state index in [0.29, 0.717) is 36.4 Å². The lowest BCUT2D eigenvalue weighted by Gasteiger charge is -2.24. The molecule has 9 heteroatoms. The van der Waals surface area contributed by atoms with Crippen molar-refractivity contribution < 1.29 is 23.4 Å². The Labute approximate surface area is 196 Å². The first-order valence-corrected chi connectivity index (χ1v) is 11.7. The summed E-state index contributed by atoms with van der Waals surface area (Å²) < 4.78 is 30.7. The summed E-state index contributed by atoms with van der Waals surface area (Å²) in [7, 11) is 0. The second-order valence-corrected chi connectivity index (χ2v) is 9.32. The van der Waals surface area contributed by atoms with Gasteiger partial charge in [-0.05, 0) is 38.5 Å². The highest BCUT2D eigenvalue weighted by Crippen LogP contribution is 2.35. The molecule has 2 heterocycles.